The summed E-state index contributed by atoms with van der Waals surface area (Å²) in [7, 11) is 3.22. The number of fused-ring (bicyclic) bond motifs is 2. The molecule has 7 nitrogen and oxygen atoms in total. The van der Waals surface area contributed by atoms with Gasteiger partial charge in [-0.3, -0.25) is 4.79 Å². The highest BCUT2D eigenvalue weighted by Gasteiger charge is 2.15. The van der Waals surface area contributed by atoms with Gasteiger partial charge in [0, 0.05) is 18.0 Å². The van der Waals surface area contributed by atoms with E-state index in [1.54, 1.807) is 14.2 Å². The molecule has 4 rings (SSSR count). The first-order valence-electron chi connectivity index (χ1n) is 10.4. The van der Waals surface area contributed by atoms with E-state index < -0.39 is 0 Å². The maximum atomic E-state index is 12.4. The van der Waals surface area contributed by atoms with E-state index in [4.69, 9.17) is 23.9 Å². The zero-order valence-electron chi connectivity index (χ0n) is 18.4. The lowest BCUT2D eigenvalue weighted by molar-refractivity contribution is -0.118. The van der Waals surface area contributed by atoms with E-state index in [1.807, 2.05) is 37.3 Å². The van der Waals surface area contributed by atoms with Gasteiger partial charge in [0.1, 0.15) is 18.2 Å². The van der Waals surface area contributed by atoms with E-state index in [2.05, 4.69) is 11.4 Å². The maximum Gasteiger partial charge on any atom is 0.230 e. The van der Waals surface area contributed by atoms with Crippen molar-refractivity contribution >= 4 is 28.6 Å². The van der Waals surface area contributed by atoms with Crippen molar-refractivity contribution in [2.45, 2.75) is 18.4 Å². The molecular formula is C24H26N2O5S. The molecule has 1 aromatic heterocycles. The van der Waals surface area contributed by atoms with Gasteiger partial charge in [0.2, 0.25) is 5.91 Å². The number of amides is 1. The van der Waals surface area contributed by atoms with E-state index in [0.717, 1.165) is 32.8 Å². The van der Waals surface area contributed by atoms with Crippen LogP contribution in [0.25, 0.3) is 10.9 Å². The Bertz CT molecular complexity index is 1140. The number of nitrogens with zero attached hydrogens (tertiary/aromatic N) is 1. The predicted molar refractivity (Wildman–Crippen MR) is 124 cm³/mol. The van der Waals surface area contributed by atoms with E-state index >= 15 is 0 Å². The molecule has 0 fully saturated rings. The molecule has 0 unspecified atom stereocenters. The SMILES string of the molecule is COc1ccc(CCNC(=O)CSc2nc3cc4c(cc3cc2C)OCCO4)cc1OC. The number of hydrogen-bond acceptors (Lipinski definition) is 7. The molecule has 32 heavy (non-hydrogen) atoms. The van der Waals surface area contributed by atoms with Gasteiger partial charge in [-0.15, -0.1) is 0 Å². The number of carbonyl (C=O) groups excluding carboxylic acids is 1. The first-order chi connectivity index (χ1) is 15.6. The number of ether oxygens (including phenoxy) is 4. The monoisotopic (exact) mass is 454 g/mol. The summed E-state index contributed by atoms with van der Waals surface area (Å²) in [5.41, 5.74) is 2.92. The number of carbonyl (C=O) groups is 1. The third-order valence-electron chi connectivity index (χ3n) is 5.15. The quantitative estimate of drug-likeness (QED) is 0.519. The summed E-state index contributed by atoms with van der Waals surface area (Å²) in [6.45, 7) is 3.64. The van der Waals surface area contributed by atoms with E-state index in [1.165, 1.54) is 11.8 Å². The lowest BCUT2D eigenvalue weighted by atomic mass is 10.1. The molecule has 0 saturated heterocycles. The minimum absolute atomic E-state index is 0.0288. The van der Waals surface area contributed by atoms with Crippen molar-refractivity contribution in [1.29, 1.82) is 0 Å². The highest BCUT2D eigenvalue weighted by Crippen LogP contribution is 2.35. The van der Waals surface area contributed by atoms with Crippen LogP contribution in [0.2, 0.25) is 0 Å². The Morgan fingerprint density at radius 3 is 2.56 bits per heavy atom. The van der Waals surface area contributed by atoms with E-state index in [9.17, 15) is 4.79 Å². The number of methoxy groups -OCH3 is 2. The fraction of sp³-hybridized carbons (Fsp3) is 0.333. The number of nitrogens with one attached hydrogen (secondary N) is 1. The number of hydrogen-bond donors (Lipinski definition) is 1. The molecule has 2 heterocycles. The summed E-state index contributed by atoms with van der Waals surface area (Å²) in [5.74, 6) is 3.11. The van der Waals surface area contributed by atoms with Crippen molar-refractivity contribution in [3.05, 3.63) is 47.5 Å². The zero-order valence-corrected chi connectivity index (χ0v) is 19.2. The molecule has 1 aliphatic rings. The van der Waals surface area contributed by atoms with Crippen molar-refractivity contribution in [2.75, 3.05) is 39.7 Å². The first kappa shape index (κ1) is 22.1. The summed E-state index contributed by atoms with van der Waals surface area (Å²) in [6.07, 6.45) is 0.706. The summed E-state index contributed by atoms with van der Waals surface area (Å²) >= 11 is 1.43. The Balaban J connectivity index is 1.33. The minimum Gasteiger partial charge on any atom is -0.493 e. The van der Waals surface area contributed by atoms with Crippen molar-refractivity contribution < 1.29 is 23.7 Å². The molecule has 0 radical (unpaired) electrons. The number of aromatic nitrogens is 1. The molecule has 0 spiro atoms. The van der Waals surface area contributed by atoms with Crippen LogP contribution >= 0.6 is 11.8 Å². The molecular weight excluding hydrogens is 428 g/mol. The molecule has 3 aromatic rings. The molecule has 0 saturated carbocycles. The summed E-state index contributed by atoms with van der Waals surface area (Å²) in [5, 5.41) is 4.80. The Kier molecular flexibility index (Phi) is 6.90. The number of benzene rings is 2. The summed E-state index contributed by atoms with van der Waals surface area (Å²) < 4.78 is 21.9. The van der Waals surface area contributed by atoms with Gasteiger partial charge in [0.25, 0.3) is 0 Å². The highest BCUT2D eigenvalue weighted by molar-refractivity contribution is 7.99. The van der Waals surface area contributed by atoms with Crippen LogP contribution in [0.3, 0.4) is 0 Å². The van der Waals surface area contributed by atoms with Crippen LogP contribution in [0, 0.1) is 6.92 Å². The molecule has 8 heteroatoms. The standard InChI is InChI=1S/C24H26N2O5S/c1-15-10-17-12-21-22(31-9-8-30-21)13-18(17)26-24(15)32-14-23(27)25-7-6-16-4-5-19(28-2)20(11-16)29-3/h4-5,10-13H,6-9,14H2,1-3H3,(H,25,27). The molecule has 0 atom stereocenters. The van der Waals surface area contributed by atoms with Gasteiger partial charge in [0.05, 0.1) is 25.5 Å². The van der Waals surface area contributed by atoms with Crippen molar-refractivity contribution in [2.24, 2.45) is 0 Å². The molecule has 1 N–H and O–H groups in total. The molecule has 0 bridgehead atoms. The highest BCUT2D eigenvalue weighted by atomic mass is 32.2. The van der Waals surface area contributed by atoms with Crippen LogP contribution in [0.15, 0.2) is 41.4 Å². The van der Waals surface area contributed by atoms with Gasteiger partial charge < -0.3 is 24.3 Å². The molecule has 168 valence electrons. The smallest absolute Gasteiger partial charge is 0.230 e. The number of pyridine rings is 1. The minimum atomic E-state index is -0.0288. The van der Waals surface area contributed by atoms with Crippen molar-refractivity contribution in [3.63, 3.8) is 0 Å². The third kappa shape index (κ3) is 5.02. The lowest BCUT2D eigenvalue weighted by Gasteiger charge is -2.19. The normalized spacial score (nSPS) is 12.5. The second-order valence-corrected chi connectivity index (χ2v) is 8.34. The van der Waals surface area contributed by atoms with E-state index in [-0.39, 0.29) is 5.91 Å². The average molecular weight is 455 g/mol. The Morgan fingerprint density at radius 1 is 1.06 bits per heavy atom. The second-order valence-electron chi connectivity index (χ2n) is 7.38. The van der Waals surface area contributed by atoms with Crippen LogP contribution in [0.1, 0.15) is 11.1 Å². The second kappa shape index (κ2) is 9.99. The van der Waals surface area contributed by atoms with Gasteiger partial charge in [0.15, 0.2) is 23.0 Å². The summed E-state index contributed by atoms with van der Waals surface area (Å²) in [6, 6.07) is 11.7. The van der Waals surface area contributed by atoms with Gasteiger partial charge in [-0.2, -0.15) is 0 Å². The molecule has 1 aliphatic heterocycles. The van der Waals surface area contributed by atoms with Crippen LogP contribution in [0.5, 0.6) is 23.0 Å². The third-order valence-corrected chi connectivity index (χ3v) is 6.24. The predicted octanol–water partition coefficient (Wildman–Crippen LogP) is 3.78. The molecule has 1 amide bonds. The Labute approximate surface area is 191 Å². The Hall–Kier alpha value is -3.13. The fourth-order valence-corrected chi connectivity index (χ4v) is 4.33. The number of thioether (sulfide) groups is 1. The zero-order chi connectivity index (χ0) is 22.5. The molecule has 2 aromatic carbocycles. The first-order valence-corrected chi connectivity index (χ1v) is 11.4. The van der Waals surface area contributed by atoms with Gasteiger partial charge in [-0.1, -0.05) is 17.8 Å². The summed E-state index contributed by atoms with van der Waals surface area (Å²) in [4.78, 5) is 17.1. The largest absolute Gasteiger partial charge is 0.493 e. The number of rotatable bonds is 8. The lowest BCUT2D eigenvalue weighted by Crippen LogP contribution is -2.27. The molecule has 0 aliphatic carbocycles. The van der Waals surface area contributed by atoms with E-state index in [0.29, 0.717) is 49.2 Å². The number of aryl methyl sites for hydroxylation is 1. The Morgan fingerprint density at radius 2 is 1.81 bits per heavy atom. The van der Waals surface area contributed by atoms with Crippen LogP contribution < -0.4 is 24.3 Å². The topological polar surface area (TPSA) is 78.9 Å². The van der Waals surface area contributed by atoms with Gasteiger partial charge >= 0.3 is 0 Å². The van der Waals surface area contributed by atoms with Crippen LogP contribution in [-0.4, -0.2) is 50.6 Å². The van der Waals surface area contributed by atoms with Crippen molar-refractivity contribution in [1.82, 2.24) is 10.3 Å². The fourth-order valence-electron chi connectivity index (χ4n) is 3.51. The average Bonchev–Trinajstić information content (AvgIpc) is 2.81. The van der Waals surface area contributed by atoms with Crippen molar-refractivity contribution in [3.8, 4) is 23.0 Å². The van der Waals surface area contributed by atoms with Crippen LogP contribution in [0.4, 0.5) is 0 Å². The maximum absolute atomic E-state index is 12.4. The van der Waals surface area contributed by atoms with Gasteiger partial charge in [-0.05, 0) is 48.7 Å². The van der Waals surface area contributed by atoms with Crippen LogP contribution in [-0.2, 0) is 11.2 Å². The van der Waals surface area contributed by atoms with Gasteiger partial charge in [-0.25, -0.2) is 4.98 Å².